The maximum Gasteiger partial charge on any atom is 0.322 e. The highest BCUT2D eigenvalue weighted by atomic mass is 32.2. The van der Waals surface area contributed by atoms with Gasteiger partial charge in [-0.15, -0.1) is 0 Å². The van der Waals surface area contributed by atoms with Crippen LogP contribution >= 0.6 is 11.8 Å². The lowest BCUT2D eigenvalue weighted by Crippen LogP contribution is -2.64. The normalized spacial score (nSPS) is 24.3. The standard InChI is InChI=1S/C20H32N4O10S/c1-8(2)14(28)20(15(29)9(3)16(30)24-20)19(34)35-7-11(17(31)22-6-13(26)27)23-12(25)5-4-10(21)18(32)33/h8-11,14-15,28-29H,4-7,21H2,1-3H3,(H,22,31)(H,23,25)(H,24,30)(H,26,27)(H,32,33)/t9-,10+,11?,14?,15?,20-/m1/s1. The number of rotatable bonds is 13. The lowest BCUT2D eigenvalue weighted by atomic mass is 9.81. The van der Waals surface area contributed by atoms with Gasteiger partial charge in [-0.1, -0.05) is 32.5 Å². The molecule has 6 atom stereocenters. The first-order chi connectivity index (χ1) is 16.1. The predicted octanol–water partition coefficient (Wildman–Crippen LogP) is -2.99. The number of aliphatic carboxylic acids is 2. The Morgan fingerprint density at radius 2 is 1.80 bits per heavy atom. The minimum absolute atomic E-state index is 0.240. The van der Waals surface area contributed by atoms with Crippen molar-refractivity contribution in [3.8, 4) is 0 Å². The number of aliphatic hydroxyl groups excluding tert-OH is 2. The van der Waals surface area contributed by atoms with E-state index in [4.69, 9.17) is 15.9 Å². The fraction of sp³-hybridized carbons (Fsp3) is 0.700. The molecule has 0 spiro atoms. The Labute approximate surface area is 205 Å². The highest BCUT2D eigenvalue weighted by Crippen LogP contribution is 2.36. The molecule has 0 aromatic rings. The van der Waals surface area contributed by atoms with Crippen LogP contribution in [-0.2, 0) is 28.8 Å². The van der Waals surface area contributed by atoms with E-state index in [1.54, 1.807) is 13.8 Å². The van der Waals surface area contributed by atoms with Crippen LogP contribution in [0.2, 0.25) is 0 Å². The zero-order valence-corrected chi connectivity index (χ0v) is 20.3. The van der Waals surface area contributed by atoms with Crippen molar-refractivity contribution in [2.45, 2.75) is 63.4 Å². The van der Waals surface area contributed by atoms with Crippen molar-refractivity contribution < 1.29 is 49.2 Å². The van der Waals surface area contributed by atoms with Crippen LogP contribution < -0.4 is 21.7 Å². The molecule has 1 aliphatic rings. The summed E-state index contributed by atoms with van der Waals surface area (Å²) in [5.74, 6) is -7.03. The monoisotopic (exact) mass is 520 g/mol. The van der Waals surface area contributed by atoms with Crippen LogP contribution in [0, 0.1) is 11.8 Å². The van der Waals surface area contributed by atoms with E-state index in [0.717, 1.165) is 0 Å². The molecular weight excluding hydrogens is 488 g/mol. The fourth-order valence-corrected chi connectivity index (χ4v) is 4.50. The van der Waals surface area contributed by atoms with E-state index < -0.39 is 88.7 Å². The minimum atomic E-state index is -2.06. The molecule has 14 nitrogen and oxygen atoms in total. The molecule has 0 saturated carbocycles. The molecular formula is C20H32N4O10S. The SMILES string of the molecule is CC(C)C(O)[C@@]1(C(=O)SCC(NC(=O)CC[C@H](N)C(=O)O)C(=O)NCC(=O)O)NC(=O)[C@H](C)C1O. The first kappa shape index (κ1) is 30.3. The molecule has 1 aliphatic heterocycles. The zero-order chi connectivity index (χ0) is 27.1. The molecule has 0 aliphatic carbocycles. The smallest absolute Gasteiger partial charge is 0.322 e. The number of amides is 3. The average Bonchev–Trinajstić information content (AvgIpc) is 3.02. The third-order valence-corrected chi connectivity index (χ3v) is 6.67. The van der Waals surface area contributed by atoms with Crippen LogP contribution in [0.25, 0.3) is 0 Å². The van der Waals surface area contributed by atoms with Gasteiger partial charge in [0.25, 0.3) is 0 Å². The van der Waals surface area contributed by atoms with Gasteiger partial charge < -0.3 is 42.1 Å². The third kappa shape index (κ3) is 7.62. The summed E-state index contributed by atoms with van der Waals surface area (Å²) in [6, 6.07) is -2.75. The Kier molecular flexibility index (Phi) is 11.1. The van der Waals surface area contributed by atoms with Crippen molar-refractivity contribution in [2.24, 2.45) is 17.6 Å². The molecule has 198 valence electrons. The van der Waals surface area contributed by atoms with Gasteiger partial charge in [0.15, 0.2) is 5.54 Å². The van der Waals surface area contributed by atoms with E-state index in [0.29, 0.717) is 11.8 Å². The van der Waals surface area contributed by atoms with Gasteiger partial charge >= 0.3 is 11.9 Å². The number of nitrogens with one attached hydrogen (secondary N) is 3. The highest BCUT2D eigenvalue weighted by molar-refractivity contribution is 8.13. The zero-order valence-electron chi connectivity index (χ0n) is 19.5. The summed E-state index contributed by atoms with van der Waals surface area (Å²) in [5, 5.41) is 44.8. The van der Waals surface area contributed by atoms with Gasteiger partial charge in [-0.05, 0) is 12.3 Å². The molecule has 1 heterocycles. The largest absolute Gasteiger partial charge is 0.480 e. The number of carbonyl (C=O) groups excluding carboxylic acids is 4. The van der Waals surface area contributed by atoms with Crippen LogP contribution in [-0.4, -0.2) is 97.3 Å². The average molecular weight is 521 g/mol. The Morgan fingerprint density at radius 3 is 2.26 bits per heavy atom. The molecule has 3 unspecified atom stereocenters. The lowest BCUT2D eigenvalue weighted by molar-refractivity contribution is -0.139. The van der Waals surface area contributed by atoms with Crippen molar-refractivity contribution in [1.29, 1.82) is 0 Å². The number of nitrogens with two attached hydrogens (primary N) is 1. The molecule has 0 radical (unpaired) electrons. The second-order valence-corrected chi connectivity index (χ2v) is 9.59. The molecule has 1 fully saturated rings. The number of carboxylic acids is 2. The van der Waals surface area contributed by atoms with E-state index in [2.05, 4.69) is 16.0 Å². The molecule has 0 aromatic heterocycles. The lowest BCUT2D eigenvalue weighted by Gasteiger charge is -2.37. The molecule has 3 amide bonds. The Balaban J connectivity index is 3.04. The van der Waals surface area contributed by atoms with Gasteiger partial charge in [-0.25, -0.2) is 0 Å². The molecule has 0 aromatic carbocycles. The molecule has 0 bridgehead atoms. The van der Waals surface area contributed by atoms with E-state index in [9.17, 15) is 39.0 Å². The van der Waals surface area contributed by atoms with Gasteiger partial charge in [0, 0.05) is 12.2 Å². The van der Waals surface area contributed by atoms with Crippen molar-refractivity contribution in [2.75, 3.05) is 12.3 Å². The third-order valence-electron chi connectivity index (χ3n) is 5.57. The number of aliphatic hydroxyl groups is 2. The number of carbonyl (C=O) groups is 6. The quantitative estimate of drug-likeness (QED) is 0.121. The molecule has 9 N–H and O–H groups in total. The topological polar surface area (TPSA) is 245 Å². The summed E-state index contributed by atoms with van der Waals surface area (Å²) in [5.41, 5.74) is 3.29. The Bertz CT molecular complexity index is 854. The summed E-state index contributed by atoms with van der Waals surface area (Å²) in [6.07, 6.45) is -3.65. The van der Waals surface area contributed by atoms with Crippen molar-refractivity contribution in [3.63, 3.8) is 0 Å². The highest BCUT2D eigenvalue weighted by Gasteiger charge is 2.60. The first-order valence-corrected chi connectivity index (χ1v) is 11.8. The van der Waals surface area contributed by atoms with Crippen molar-refractivity contribution in [3.05, 3.63) is 0 Å². The summed E-state index contributed by atoms with van der Waals surface area (Å²) in [7, 11) is 0. The summed E-state index contributed by atoms with van der Waals surface area (Å²) < 4.78 is 0. The number of carboxylic acid groups (broad SMARTS) is 2. The number of hydrogen-bond donors (Lipinski definition) is 8. The second kappa shape index (κ2) is 12.8. The van der Waals surface area contributed by atoms with E-state index >= 15 is 0 Å². The van der Waals surface area contributed by atoms with Crippen LogP contribution in [0.1, 0.15) is 33.6 Å². The van der Waals surface area contributed by atoms with Crippen molar-refractivity contribution in [1.82, 2.24) is 16.0 Å². The van der Waals surface area contributed by atoms with E-state index in [1.165, 1.54) is 6.92 Å². The molecule has 1 saturated heterocycles. The summed E-state index contributed by atoms with van der Waals surface area (Å²) >= 11 is 0.453. The Hall–Kier alpha value is -2.75. The van der Waals surface area contributed by atoms with Gasteiger partial charge in [-0.2, -0.15) is 0 Å². The second-order valence-electron chi connectivity index (χ2n) is 8.59. The number of thioether (sulfide) groups is 1. The van der Waals surface area contributed by atoms with E-state index in [-0.39, 0.29) is 12.8 Å². The van der Waals surface area contributed by atoms with Crippen LogP contribution in [0.3, 0.4) is 0 Å². The van der Waals surface area contributed by atoms with Crippen molar-refractivity contribution >= 4 is 46.5 Å². The van der Waals surface area contributed by atoms with Gasteiger partial charge in [0.2, 0.25) is 22.8 Å². The maximum absolute atomic E-state index is 13.2. The Morgan fingerprint density at radius 1 is 1.20 bits per heavy atom. The first-order valence-electron chi connectivity index (χ1n) is 10.8. The summed E-state index contributed by atoms with van der Waals surface area (Å²) in [6.45, 7) is 3.78. The molecule has 35 heavy (non-hydrogen) atoms. The van der Waals surface area contributed by atoms with Crippen LogP contribution in [0.4, 0.5) is 0 Å². The fourth-order valence-electron chi connectivity index (χ4n) is 3.42. The van der Waals surface area contributed by atoms with Gasteiger partial charge in [-0.3, -0.25) is 28.8 Å². The van der Waals surface area contributed by atoms with Gasteiger partial charge in [0.1, 0.15) is 18.6 Å². The molecule has 1 rings (SSSR count). The summed E-state index contributed by atoms with van der Waals surface area (Å²) in [4.78, 5) is 71.6. The van der Waals surface area contributed by atoms with E-state index in [1.807, 2.05) is 0 Å². The minimum Gasteiger partial charge on any atom is -0.480 e. The predicted molar refractivity (Wildman–Crippen MR) is 122 cm³/mol. The van der Waals surface area contributed by atoms with Crippen LogP contribution in [0.5, 0.6) is 0 Å². The van der Waals surface area contributed by atoms with Gasteiger partial charge in [0.05, 0.1) is 18.1 Å². The van der Waals surface area contributed by atoms with Crippen LogP contribution in [0.15, 0.2) is 0 Å². The number of hydrogen-bond acceptors (Lipinski definition) is 10. The maximum atomic E-state index is 13.2. The molecule has 15 heteroatoms.